The van der Waals surface area contributed by atoms with Crippen molar-refractivity contribution >= 4 is 49.4 Å². The van der Waals surface area contributed by atoms with Gasteiger partial charge in [-0.25, -0.2) is 0 Å². The molecule has 61 heavy (non-hydrogen) atoms. The Morgan fingerprint density at radius 3 is 1.33 bits per heavy atom. The molecule has 286 valence electrons. The van der Waals surface area contributed by atoms with Gasteiger partial charge in [0, 0.05) is 17.1 Å². The van der Waals surface area contributed by atoms with Gasteiger partial charge < -0.3 is 4.90 Å². The van der Waals surface area contributed by atoms with Crippen LogP contribution in [0, 0.1) is 0 Å². The van der Waals surface area contributed by atoms with Crippen molar-refractivity contribution in [3.63, 3.8) is 0 Å². The fourth-order valence-corrected chi connectivity index (χ4v) is 9.10. The summed E-state index contributed by atoms with van der Waals surface area (Å²) >= 11 is 0. The van der Waals surface area contributed by atoms with Crippen molar-refractivity contribution in [1.29, 1.82) is 0 Å². The van der Waals surface area contributed by atoms with Crippen LogP contribution >= 0.6 is 0 Å². The summed E-state index contributed by atoms with van der Waals surface area (Å²) in [6.45, 7) is 0. The highest BCUT2D eigenvalue weighted by Gasteiger charge is 2.18. The quantitative estimate of drug-likeness (QED) is 0.149. The molecule has 0 aromatic heterocycles. The molecule has 0 fully saturated rings. The molecular weight excluding hydrogens is 735 g/mol. The Morgan fingerprint density at radius 1 is 0.213 bits per heavy atom. The normalized spacial score (nSPS) is 11.3. The first-order valence-corrected chi connectivity index (χ1v) is 21.0. The number of hydrogen-bond acceptors (Lipinski definition) is 1. The smallest absolute Gasteiger partial charge is 0.0474 e. The number of nitrogens with zero attached hydrogens (tertiary/aromatic N) is 1. The predicted molar refractivity (Wildman–Crippen MR) is 261 cm³/mol. The fraction of sp³-hybridized carbons (Fsp3) is 0. The van der Waals surface area contributed by atoms with Crippen LogP contribution < -0.4 is 4.90 Å². The van der Waals surface area contributed by atoms with Gasteiger partial charge in [0.2, 0.25) is 0 Å². The van der Waals surface area contributed by atoms with E-state index in [0.29, 0.717) is 0 Å². The van der Waals surface area contributed by atoms with E-state index in [1.165, 1.54) is 88.0 Å². The van der Waals surface area contributed by atoms with E-state index in [9.17, 15) is 0 Å². The van der Waals surface area contributed by atoms with Crippen molar-refractivity contribution < 1.29 is 0 Å². The first-order chi connectivity index (χ1) is 30.2. The molecule has 1 nitrogen and oxygen atoms in total. The molecule has 0 spiro atoms. The van der Waals surface area contributed by atoms with Gasteiger partial charge in [0.1, 0.15) is 0 Å². The lowest BCUT2D eigenvalue weighted by Crippen LogP contribution is -2.10. The van der Waals surface area contributed by atoms with Crippen LogP contribution in [0.4, 0.5) is 17.1 Å². The summed E-state index contributed by atoms with van der Waals surface area (Å²) in [5.74, 6) is 0. The molecule has 11 aromatic carbocycles. The molecule has 11 aromatic rings. The molecule has 0 unspecified atom stereocenters. The van der Waals surface area contributed by atoms with Crippen molar-refractivity contribution in [3.05, 3.63) is 249 Å². The van der Waals surface area contributed by atoms with Crippen molar-refractivity contribution in [1.82, 2.24) is 0 Å². The van der Waals surface area contributed by atoms with Crippen LogP contribution in [0.3, 0.4) is 0 Å². The number of hydrogen-bond donors (Lipinski definition) is 0. The number of fused-ring (bicyclic) bond motifs is 3. The minimum absolute atomic E-state index is 1.09. The second-order valence-corrected chi connectivity index (χ2v) is 15.7. The van der Waals surface area contributed by atoms with Gasteiger partial charge in [0.15, 0.2) is 0 Å². The zero-order valence-electron chi connectivity index (χ0n) is 33.6. The summed E-state index contributed by atoms with van der Waals surface area (Å²) in [6, 6.07) is 90.5. The van der Waals surface area contributed by atoms with Crippen LogP contribution in [0.15, 0.2) is 249 Å². The number of benzene rings is 11. The average Bonchev–Trinajstić information content (AvgIpc) is 3.34. The molecule has 0 aliphatic rings. The zero-order chi connectivity index (χ0) is 40.5. The van der Waals surface area contributed by atoms with Gasteiger partial charge in [-0.15, -0.1) is 0 Å². The third-order valence-corrected chi connectivity index (χ3v) is 12.0. The largest absolute Gasteiger partial charge is 0.310 e. The molecule has 0 heterocycles. The van der Waals surface area contributed by atoms with E-state index < -0.39 is 0 Å². The Hall–Kier alpha value is -8.00. The highest BCUT2D eigenvalue weighted by Crippen LogP contribution is 2.44. The first kappa shape index (κ1) is 36.1. The maximum absolute atomic E-state index is 2.41. The second kappa shape index (κ2) is 15.6. The molecule has 0 saturated carbocycles. The third kappa shape index (κ3) is 6.83. The van der Waals surface area contributed by atoms with Crippen molar-refractivity contribution in [2.75, 3.05) is 4.90 Å². The lowest BCUT2D eigenvalue weighted by Gasteiger charge is -2.27. The van der Waals surface area contributed by atoms with Crippen LogP contribution in [0.5, 0.6) is 0 Å². The van der Waals surface area contributed by atoms with E-state index in [1.54, 1.807) is 0 Å². The van der Waals surface area contributed by atoms with E-state index in [4.69, 9.17) is 0 Å². The lowest BCUT2D eigenvalue weighted by atomic mass is 9.90. The Morgan fingerprint density at radius 2 is 0.656 bits per heavy atom. The molecule has 0 atom stereocenters. The summed E-state index contributed by atoms with van der Waals surface area (Å²) in [6.07, 6.45) is 0. The Labute approximate surface area is 357 Å². The van der Waals surface area contributed by atoms with Gasteiger partial charge in [-0.1, -0.05) is 206 Å². The van der Waals surface area contributed by atoms with Crippen molar-refractivity contribution in [2.45, 2.75) is 0 Å². The Balaban J connectivity index is 1.06. The predicted octanol–water partition coefficient (Wildman–Crippen LogP) is 17.0. The molecule has 1 heteroatoms. The summed E-state index contributed by atoms with van der Waals surface area (Å²) in [5.41, 5.74) is 15.4. The van der Waals surface area contributed by atoms with Gasteiger partial charge in [-0.2, -0.15) is 0 Å². The third-order valence-electron chi connectivity index (χ3n) is 12.0. The molecule has 0 radical (unpaired) electrons. The van der Waals surface area contributed by atoms with Gasteiger partial charge in [0.25, 0.3) is 0 Å². The molecule has 11 rings (SSSR count). The highest BCUT2D eigenvalue weighted by molar-refractivity contribution is 6.09. The SMILES string of the molecule is c1ccc(-c2ccc(N(c3ccc(-c4cccc5cccc(-c6cccc(-c7ccccc7)c6)c45)cc3)c3cc(-c4cccc5ccccc45)c4ccccc4c3)cc2)cc1. The molecule has 0 aliphatic heterocycles. The first-order valence-electron chi connectivity index (χ1n) is 21.0. The van der Waals surface area contributed by atoms with Gasteiger partial charge in [-0.05, 0) is 130 Å². The summed E-state index contributed by atoms with van der Waals surface area (Å²) in [4.78, 5) is 2.41. The van der Waals surface area contributed by atoms with Crippen molar-refractivity contribution in [2.24, 2.45) is 0 Å². The average molecular weight is 776 g/mol. The van der Waals surface area contributed by atoms with E-state index in [1.807, 2.05) is 0 Å². The standard InChI is InChI=1S/C60H41N/c1-3-15-42(16-4-1)44-31-35-51(36-32-44)61(53-40-50-20-8-10-27-55(50)59(41-53)58-30-12-21-45-19-7-9-26-54(45)58)52-37-33-46(34-38-52)56-28-13-22-47-23-14-29-57(60(47)56)49-25-11-24-48(39-49)43-17-5-2-6-18-43/h1-41H. The zero-order valence-corrected chi connectivity index (χ0v) is 33.6. The van der Waals surface area contributed by atoms with Crippen LogP contribution in [0.1, 0.15) is 0 Å². The molecule has 0 amide bonds. The topological polar surface area (TPSA) is 3.24 Å². The second-order valence-electron chi connectivity index (χ2n) is 15.7. The lowest BCUT2D eigenvalue weighted by molar-refractivity contribution is 1.29. The minimum atomic E-state index is 1.09. The summed E-state index contributed by atoms with van der Waals surface area (Å²) in [5, 5.41) is 7.39. The molecule has 0 bridgehead atoms. The van der Waals surface area contributed by atoms with Crippen LogP contribution in [-0.2, 0) is 0 Å². The van der Waals surface area contributed by atoms with Gasteiger partial charge in [-0.3, -0.25) is 0 Å². The van der Waals surface area contributed by atoms with Crippen LogP contribution in [-0.4, -0.2) is 0 Å². The summed E-state index contributed by atoms with van der Waals surface area (Å²) < 4.78 is 0. The Bertz CT molecular complexity index is 3320. The van der Waals surface area contributed by atoms with E-state index in [2.05, 4.69) is 254 Å². The minimum Gasteiger partial charge on any atom is -0.310 e. The maximum atomic E-state index is 2.41. The van der Waals surface area contributed by atoms with Gasteiger partial charge >= 0.3 is 0 Å². The van der Waals surface area contributed by atoms with Crippen LogP contribution in [0.2, 0.25) is 0 Å². The van der Waals surface area contributed by atoms with E-state index in [-0.39, 0.29) is 0 Å². The maximum Gasteiger partial charge on any atom is 0.0474 e. The summed E-state index contributed by atoms with van der Waals surface area (Å²) in [7, 11) is 0. The van der Waals surface area contributed by atoms with E-state index in [0.717, 1.165) is 17.1 Å². The number of rotatable bonds is 8. The highest BCUT2D eigenvalue weighted by atomic mass is 15.1. The fourth-order valence-electron chi connectivity index (χ4n) is 9.10. The number of anilines is 3. The molecular formula is C60H41N. The van der Waals surface area contributed by atoms with Crippen LogP contribution in [0.25, 0.3) is 88.0 Å². The monoisotopic (exact) mass is 775 g/mol. The molecule has 0 saturated heterocycles. The van der Waals surface area contributed by atoms with Crippen molar-refractivity contribution in [3.8, 4) is 55.6 Å². The molecule has 0 N–H and O–H groups in total. The van der Waals surface area contributed by atoms with Gasteiger partial charge in [0.05, 0.1) is 0 Å². The van der Waals surface area contributed by atoms with E-state index >= 15 is 0 Å². The Kier molecular flexibility index (Phi) is 9.26. The molecule has 0 aliphatic carbocycles.